The molecule has 0 amide bonds. The van der Waals surface area contributed by atoms with Crippen LogP contribution < -0.4 is 10.4 Å². The van der Waals surface area contributed by atoms with E-state index < -0.39 is 8.07 Å². The maximum atomic E-state index is 2.51. The van der Waals surface area contributed by atoms with Gasteiger partial charge in [0.25, 0.3) is 0 Å². The van der Waals surface area contributed by atoms with Crippen molar-refractivity contribution in [2.24, 2.45) is 0 Å². The molecule has 1 heterocycles. The fourth-order valence-corrected chi connectivity index (χ4v) is 8.71. The summed E-state index contributed by atoms with van der Waals surface area (Å²) in [6, 6.07) is 27.6. The van der Waals surface area contributed by atoms with E-state index in [0.717, 1.165) is 6.42 Å². The second-order valence-electron chi connectivity index (χ2n) is 8.22. The van der Waals surface area contributed by atoms with Gasteiger partial charge in [0, 0.05) is 0 Å². The summed E-state index contributed by atoms with van der Waals surface area (Å²) < 4.78 is 0. The van der Waals surface area contributed by atoms with Crippen LogP contribution in [0, 0.1) is 0 Å². The maximum Gasteiger partial charge on any atom is 0.114 e. The first kappa shape index (κ1) is 14.5. The van der Waals surface area contributed by atoms with E-state index in [-0.39, 0.29) is 0 Å². The van der Waals surface area contributed by atoms with Crippen molar-refractivity contribution in [1.82, 2.24) is 0 Å². The Morgan fingerprint density at radius 1 is 0.654 bits per heavy atom. The van der Waals surface area contributed by atoms with Crippen LogP contribution in [0.15, 0.2) is 72.8 Å². The van der Waals surface area contributed by atoms with Gasteiger partial charge in [-0.25, -0.2) is 0 Å². The predicted molar refractivity (Wildman–Crippen MR) is 114 cm³/mol. The number of rotatable bonds is 0. The lowest BCUT2D eigenvalue weighted by Crippen LogP contribution is -2.49. The monoisotopic (exact) mass is 348 g/mol. The largest absolute Gasteiger partial charge is 0.114 e. The molecule has 0 aromatic heterocycles. The van der Waals surface area contributed by atoms with Crippen LogP contribution in [0.4, 0.5) is 0 Å². The van der Waals surface area contributed by atoms with Gasteiger partial charge in [0.15, 0.2) is 0 Å². The van der Waals surface area contributed by atoms with Crippen LogP contribution >= 0.6 is 0 Å². The van der Waals surface area contributed by atoms with Gasteiger partial charge in [-0.1, -0.05) is 79.8 Å². The number of fused-ring (bicyclic) bond motifs is 8. The minimum absolute atomic E-state index is 1.07. The molecule has 1 heteroatoms. The Balaban J connectivity index is 1.72. The molecule has 0 N–H and O–H groups in total. The summed E-state index contributed by atoms with van der Waals surface area (Å²) in [6.45, 7) is 5.02. The normalized spacial score (nSPS) is 15.5. The lowest BCUT2D eigenvalue weighted by Gasteiger charge is -2.21. The van der Waals surface area contributed by atoms with E-state index in [1.165, 1.54) is 44.2 Å². The second kappa shape index (κ2) is 4.75. The van der Waals surface area contributed by atoms with Gasteiger partial charge in [-0.3, -0.25) is 0 Å². The summed E-state index contributed by atoms with van der Waals surface area (Å²) in [7, 11) is -1.67. The lowest BCUT2D eigenvalue weighted by atomic mass is 9.97. The summed E-state index contributed by atoms with van der Waals surface area (Å²) in [6.07, 6.45) is 1.07. The van der Waals surface area contributed by atoms with Crippen molar-refractivity contribution in [3.63, 3.8) is 0 Å². The first-order valence-electron chi connectivity index (χ1n) is 9.43. The van der Waals surface area contributed by atoms with Crippen molar-refractivity contribution >= 4 is 29.2 Å². The smallest absolute Gasteiger partial charge is 0.0623 e. The van der Waals surface area contributed by atoms with E-state index in [1.54, 1.807) is 10.4 Å². The fourth-order valence-electron chi connectivity index (χ4n) is 5.25. The van der Waals surface area contributed by atoms with E-state index >= 15 is 0 Å². The first-order valence-corrected chi connectivity index (χ1v) is 12.4. The van der Waals surface area contributed by atoms with Crippen molar-refractivity contribution in [2.75, 3.05) is 0 Å². The molecule has 4 aromatic carbocycles. The van der Waals surface area contributed by atoms with Gasteiger partial charge in [0.2, 0.25) is 0 Å². The molecule has 0 atom stereocenters. The molecular formula is C25H20Si. The molecule has 4 aromatic rings. The maximum absolute atomic E-state index is 2.51. The average molecular weight is 349 g/mol. The third-order valence-corrected chi connectivity index (χ3v) is 10.0. The van der Waals surface area contributed by atoms with E-state index in [2.05, 4.69) is 85.9 Å². The molecule has 0 fully saturated rings. The SMILES string of the molecule is C[Si]1(C)c2ccccc2-c2ccc3cc4c(cc3c21)-c1ccccc1C4. The van der Waals surface area contributed by atoms with Crippen LogP contribution in [0.25, 0.3) is 33.0 Å². The Kier molecular flexibility index (Phi) is 2.65. The third kappa shape index (κ3) is 1.69. The van der Waals surface area contributed by atoms with E-state index in [9.17, 15) is 0 Å². The van der Waals surface area contributed by atoms with Crippen LogP contribution in [-0.2, 0) is 6.42 Å². The summed E-state index contributed by atoms with van der Waals surface area (Å²) >= 11 is 0. The third-order valence-electron chi connectivity index (χ3n) is 6.45. The van der Waals surface area contributed by atoms with Gasteiger partial charge in [-0.2, -0.15) is 0 Å². The second-order valence-corrected chi connectivity index (χ2v) is 12.5. The predicted octanol–water partition coefficient (Wildman–Crippen LogP) is 5.21. The highest BCUT2D eigenvalue weighted by molar-refractivity contribution is 7.05. The van der Waals surface area contributed by atoms with E-state index in [4.69, 9.17) is 0 Å². The highest BCUT2D eigenvalue weighted by Gasteiger charge is 2.38. The van der Waals surface area contributed by atoms with Gasteiger partial charge >= 0.3 is 0 Å². The average Bonchev–Trinajstić information content (AvgIpc) is 3.13. The zero-order chi connectivity index (χ0) is 17.5. The van der Waals surface area contributed by atoms with Crippen molar-refractivity contribution < 1.29 is 0 Å². The fraction of sp³-hybridized carbons (Fsp3) is 0.120. The highest BCUT2D eigenvalue weighted by atomic mass is 28.3. The van der Waals surface area contributed by atoms with Crippen molar-refractivity contribution in [3.05, 3.63) is 83.9 Å². The van der Waals surface area contributed by atoms with Crippen LogP contribution in [0.2, 0.25) is 13.1 Å². The zero-order valence-electron chi connectivity index (χ0n) is 15.1. The van der Waals surface area contributed by atoms with E-state index in [0.29, 0.717) is 0 Å². The molecule has 1 aliphatic heterocycles. The first-order chi connectivity index (χ1) is 12.6. The molecule has 0 unspecified atom stereocenters. The van der Waals surface area contributed by atoms with Gasteiger partial charge in [-0.15, -0.1) is 0 Å². The molecule has 26 heavy (non-hydrogen) atoms. The number of hydrogen-bond acceptors (Lipinski definition) is 0. The molecule has 2 aliphatic rings. The summed E-state index contributed by atoms with van der Waals surface area (Å²) in [5.41, 5.74) is 8.75. The van der Waals surface area contributed by atoms with Crippen molar-refractivity contribution in [3.8, 4) is 22.3 Å². The number of benzene rings is 4. The molecule has 124 valence electrons. The minimum Gasteiger partial charge on any atom is -0.0623 e. The van der Waals surface area contributed by atoms with Gasteiger partial charge < -0.3 is 0 Å². The van der Waals surface area contributed by atoms with Crippen LogP contribution in [0.3, 0.4) is 0 Å². The van der Waals surface area contributed by atoms with Crippen LogP contribution in [0.5, 0.6) is 0 Å². The topological polar surface area (TPSA) is 0 Å². The van der Waals surface area contributed by atoms with Crippen LogP contribution in [-0.4, -0.2) is 8.07 Å². The lowest BCUT2D eigenvalue weighted by molar-refractivity contribution is 1.27. The minimum atomic E-state index is -1.67. The molecular weight excluding hydrogens is 328 g/mol. The Labute approximate surface area is 155 Å². The van der Waals surface area contributed by atoms with Gasteiger partial charge in [0.05, 0.1) is 0 Å². The zero-order valence-corrected chi connectivity index (χ0v) is 16.1. The quantitative estimate of drug-likeness (QED) is 0.337. The molecule has 0 radical (unpaired) electrons. The van der Waals surface area contributed by atoms with Crippen molar-refractivity contribution in [2.45, 2.75) is 19.5 Å². The molecule has 0 saturated carbocycles. The van der Waals surface area contributed by atoms with Gasteiger partial charge in [0.1, 0.15) is 8.07 Å². The summed E-state index contributed by atoms with van der Waals surface area (Å²) in [5, 5.41) is 6.10. The molecule has 0 nitrogen and oxygen atoms in total. The Morgan fingerprint density at radius 3 is 2.31 bits per heavy atom. The van der Waals surface area contributed by atoms with Gasteiger partial charge in [-0.05, 0) is 67.0 Å². The summed E-state index contributed by atoms with van der Waals surface area (Å²) in [5.74, 6) is 0. The number of hydrogen-bond donors (Lipinski definition) is 0. The molecule has 0 bridgehead atoms. The molecule has 6 rings (SSSR count). The van der Waals surface area contributed by atoms with E-state index in [1.807, 2.05) is 0 Å². The molecule has 1 aliphatic carbocycles. The van der Waals surface area contributed by atoms with Crippen LogP contribution in [0.1, 0.15) is 11.1 Å². The Morgan fingerprint density at radius 2 is 1.42 bits per heavy atom. The Bertz CT molecular complexity index is 1230. The molecule has 0 spiro atoms. The Hall–Kier alpha value is -2.64. The van der Waals surface area contributed by atoms with Crippen molar-refractivity contribution in [1.29, 1.82) is 0 Å². The molecule has 0 saturated heterocycles. The summed E-state index contributed by atoms with van der Waals surface area (Å²) in [4.78, 5) is 0. The highest BCUT2D eigenvalue weighted by Crippen LogP contribution is 2.40. The standard InChI is InChI=1S/C25H20Si/c1-26(2)24-10-6-5-9-20(24)21-12-11-17-14-18-13-16-7-3-4-8-19(16)22(18)15-23(17)25(21)26/h3-12,14-15H,13H2,1-2H3.